The molecular formula is C14H21Cl2F3N2. The summed E-state index contributed by atoms with van der Waals surface area (Å²) in [4.78, 5) is 2.31. The quantitative estimate of drug-likeness (QED) is 0.905. The fraction of sp³-hybridized carbons (Fsp3) is 0.571. The normalized spacial score (nSPS) is 17.0. The number of hydrogen-bond donors (Lipinski definition) is 1. The second kappa shape index (κ2) is 8.83. The fourth-order valence-electron chi connectivity index (χ4n) is 2.49. The van der Waals surface area contributed by atoms with Crippen LogP contribution in [-0.4, -0.2) is 30.6 Å². The van der Waals surface area contributed by atoms with Crippen molar-refractivity contribution in [3.05, 3.63) is 35.4 Å². The first-order valence-electron chi connectivity index (χ1n) is 6.59. The molecular weight excluding hydrogens is 324 g/mol. The van der Waals surface area contributed by atoms with E-state index in [2.05, 4.69) is 4.90 Å². The van der Waals surface area contributed by atoms with E-state index in [4.69, 9.17) is 5.73 Å². The smallest absolute Gasteiger partial charge is 0.326 e. The van der Waals surface area contributed by atoms with E-state index in [0.717, 1.165) is 37.3 Å². The zero-order valence-electron chi connectivity index (χ0n) is 11.6. The average molecular weight is 345 g/mol. The summed E-state index contributed by atoms with van der Waals surface area (Å²) in [5.74, 6) is 0. The third-order valence-corrected chi connectivity index (χ3v) is 3.47. The number of hydrogen-bond acceptors (Lipinski definition) is 2. The molecule has 0 amide bonds. The lowest BCUT2D eigenvalue weighted by atomic mass is 10.0. The van der Waals surface area contributed by atoms with E-state index >= 15 is 0 Å². The van der Waals surface area contributed by atoms with E-state index < -0.39 is 11.7 Å². The Morgan fingerprint density at radius 1 is 1.05 bits per heavy atom. The van der Waals surface area contributed by atoms with Crippen molar-refractivity contribution in [1.29, 1.82) is 0 Å². The molecule has 1 aromatic carbocycles. The average Bonchev–Trinajstić information content (AvgIpc) is 2.81. The van der Waals surface area contributed by atoms with Crippen molar-refractivity contribution in [2.24, 2.45) is 5.73 Å². The predicted molar refractivity (Wildman–Crippen MR) is 83.3 cm³/mol. The number of nitrogens with zero attached hydrogens (tertiary/aromatic N) is 1. The summed E-state index contributed by atoms with van der Waals surface area (Å²) in [5, 5.41) is 0. The Bertz CT molecular complexity index is 404. The van der Waals surface area contributed by atoms with Gasteiger partial charge in [0.05, 0.1) is 5.56 Å². The second-order valence-electron chi connectivity index (χ2n) is 5.17. The van der Waals surface area contributed by atoms with Gasteiger partial charge in [-0.05, 0) is 50.0 Å². The summed E-state index contributed by atoms with van der Waals surface area (Å²) in [6.07, 6.45) is -1.22. The van der Waals surface area contributed by atoms with E-state index in [1.165, 1.54) is 25.0 Å². The zero-order chi connectivity index (χ0) is 13.9. The van der Waals surface area contributed by atoms with Crippen molar-refractivity contribution < 1.29 is 13.2 Å². The van der Waals surface area contributed by atoms with Gasteiger partial charge in [0.2, 0.25) is 0 Å². The van der Waals surface area contributed by atoms with Crippen LogP contribution in [0.5, 0.6) is 0 Å². The van der Waals surface area contributed by atoms with Gasteiger partial charge in [-0.25, -0.2) is 0 Å². The molecule has 0 aliphatic carbocycles. The van der Waals surface area contributed by atoms with E-state index in [1.807, 2.05) is 0 Å². The lowest BCUT2D eigenvalue weighted by molar-refractivity contribution is -0.137. The van der Waals surface area contributed by atoms with Gasteiger partial charge in [-0.1, -0.05) is 12.1 Å². The highest BCUT2D eigenvalue weighted by Gasteiger charge is 2.29. The number of alkyl halides is 3. The molecule has 2 rings (SSSR count). The van der Waals surface area contributed by atoms with Crippen LogP contribution in [0.1, 0.15) is 24.0 Å². The Balaban J connectivity index is 0.00000200. The highest BCUT2D eigenvalue weighted by atomic mass is 35.5. The van der Waals surface area contributed by atoms with Crippen molar-refractivity contribution in [2.45, 2.75) is 31.5 Å². The minimum absolute atomic E-state index is 0. The molecule has 1 aromatic rings. The number of halogens is 5. The Morgan fingerprint density at radius 2 is 1.57 bits per heavy atom. The number of rotatable bonds is 4. The van der Waals surface area contributed by atoms with Crippen LogP contribution in [0, 0.1) is 0 Å². The SMILES string of the molecule is Cl.Cl.NC(Cc1ccc(C(F)(F)F)cc1)CN1CCCC1. The maximum atomic E-state index is 12.4. The van der Waals surface area contributed by atoms with Crippen LogP contribution in [-0.2, 0) is 12.6 Å². The summed E-state index contributed by atoms with van der Waals surface area (Å²) >= 11 is 0. The number of nitrogens with two attached hydrogens (primary N) is 1. The first kappa shape index (κ1) is 20.5. The molecule has 122 valence electrons. The predicted octanol–water partition coefficient (Wildman–Crippen LogP) is 3.51. The first-order valence-corrected chi connectivity index (χ1v) is 6.59. The van der Waals surface area contributed by atoms with Gasteiger partial charge in [-0.2, -0.15) is 13.2 Å². The standard InChI is InChI=1S/C14H19F3N2.2ClH/c15-14(16,17)12-5-3-11(4-6-12)9-13(18)10-19-7-1-2-8-19;;/h3-6,13H,1-2,7-10,18H2;2*1H. The van der Waals surface area contributed by atoms with Gasteiger partial charge >= 0.3 is 6.18 Å². The van der Waals surface area contributed by atoms with Crippen molar-refractivity contribution in [3.63, 3.8) is 0 Å². The molecule has 2 nitrogen and oxygen atoms in total. The van der Waals surface area contributed by atoms with Crippen LogP contribution in [0.2, 0.25) is 0 Å². The highest BCUT2D eigenvalue weighted by Crippen LogP contribution is 2.29. The Kier molecular flexibility index (Phi) is 8.63. The van der Waals surface area contributed by atoms with Crippen molar-refractivity contribution in [2.75, 3.05) is 19.6 Å². The largest absolute Gasteiger partial charge is 0.416 e. The second-order valence-corrected chi connectivity index (χ2v) is 5.17. The minimum atomic E-state index is -4.27. The van der Waals surface area contributed by atoms with Crippen molar-refractivity contribution in [3.8, 4) is 0 Å². The molecule has 1 saturated heterocycles. The summed E-state index contributed by atoms with van der Waals surface area (Å²) in [6, 6.07) is 5.27. The van der Waals surface area contributed by atoms with Crippen LogP contribution < -0.4 is 5.73 Å². The molecule has 1 heterocycles. The molecule has 1 unspecified atom stereocenters. The van der Waals surface area contributed by atoms with Crippen LogP contribution in [0.15, 0.2) is 24.3 Å². The molecule has 1 atom stereocenters. The lowest BCUT2D eigenvalue weighted by Gasteiger charge is -2.20. The minimum Gasteiger partial charge on any atom is -0.326 e. The van der Waals surface area contributed by atoms with Gasteiger partial charge in [0, 0.05) is 12.6 Å². The number of likely N-dealkylation sites (tertiary alicyclic amines) is 1. The van der Waals surface area contributed by atoms with Gasteiger partial charge in [0.25, 0.3) is 0 Å². The molecule has 0 spiro atoms. The van der Waals surface area contributed by atoms with Crippen LogP contribution in [0.3, 0.4) is 0 Å². The molecule has 0 bridgehead atoms. The van der Waals surface area contributed by atoms with Gasteiger partial charge in [0.15, 0.2) is 0 Å². The number of benzene rings is 1. The summed E-state index contributed by atoms with van der Waals surface area (Å²) in [6.45, 7) is 2.99. The molecule has 1 aliphatic heterocycles. The van der Waals surface area contributed by atoms with E-state index in [-0.39, 0.29) is 30.9 Å². The lowest BCUT2D eigenvalue weighted by Crippen LogP contribution is -2.37. The molecule has 0 aromatic heterocycles. The van der Waals surface area contributed by atoms with Crippen LogP contribution in [0.4, 0.5) is 13.2 Å². The van der Waals surface area contributed by atoms with Gasteiger partial charge < -0.3 is 10.6 Å². The van der Waals surface area contributed by atoms with Crippen LogP contribution >= 0.6 is 24.8 Å². The fourth-order valence-corrected chi connectivity index (χ4v) is 2.49. The molecule has 7 heteroatoms. The summed E-state index contributed by atoms with van der Waals surface area (Å²) in [7, 11) is 0. The Morgan fingerprint density at radius 3 is 2.05 bits per heavy atom. The van der Waals surface area contributed by atoms with E-state index in [1.54, 1.807) is 0 Å². The molecule has 21 heavy (non-hydrogen) atoms. The molecule has 0 saturated carbocycles. The van der Waals surface area contributed by atoms with Crippen molar-refractivity contribution >= 4 is 24.8 Å². The third-order valence-electron chi connectivity index (χ3n) is 3.47. The topological polar surface area (TPSA) is 29.3 Å². The zero-order valence-corrected chi connectivity index (χ0v) is 13.2. The Hall–Kier alpha value is -0.490. The van der Waals surface area contributed by atoms with Gasteiger partial charge in [-0.15, -0.1) is 24.8 Å². The summed E-state index contributed by atoms with van der Waals surface area (Å²) < 4.78 is 37.3. The highest BCUT2D eigenvalue weighted by molar-refractivity contribution is 5.85. The monoisotopic (exact) mass is 344 g/mol. The first-order chi connectivity index (χ1) is 8.95. The van der Waals surface area contributed by atoms with Crippen LogP contribution in [0.25, 0.3) is 0 Å². The maximum absolute atomic E-state index is 12.4. The maximum Gasteiger partial charge on any atom is 0.416 e. The van der Waals surface area contributed by atoms with Gasteiger partial charge in [-0.3, -0.25) is 0 Å². The molecule has 1 fully saturated rings. The van der Waals surface area contributed by atoms with E-state index in [9.17, 15) is 13.2 Å². The van der Waals surface area contributed by atoms with E-state index in [0.29, 0.717) is 6.42 Å². The molecule has 0 radical (unpaired) electrons. The summed E-state index contributed by atoms with van der Waals surface area (Å²) in [5.41, 5.74) is 6.30. The van der Waals surface area contributed by atoms with Gasteiger partial charge in [0.1, 0.15) is 0 Å². The molecule has 1 aliphatic rings. The third kappa shape index (κ3) is 6.43. The van der Waals surface area contributed by atoms with Crippen molar-refractivity contribution in [1.82, 2.24) is 4.90 Å². The Labute approximate surface area is 135 Å². The molecule has 2 N–H and O–H groups in total.